The smallest absolute Gasteiger partial charge is 0.251 e. The number of anilines is 1. The predicted molar refractivity (Wildman–Crippen MR) is 70.4 cm³/mol. The second-order valence-electron chi connectivity index (χ2n) is 4.86. The molecule has 1 aromatic rings. The Morgan fingerprint density at radius 3 is 2.33 bits per heavy atom. The van der Waals surface area contributed by atoms with Gasteiger partial charge in [-0.25, -0.2) is 0 Å². The molecule has 1 unspecified atom stereocenters. The number of benzene rings is 1. The van der Waals surface area contributed by atoms with E-state index in [1.807, 2.05) is 6.92 Å². The van der Waals surface area contributed by atoms with Crippen molar-refractivity contribution in [2.45, 2.75) is 32.7 Å². The molecule has 1 saturated carbocycles. The van der Waals surface area contributed by atoms with Crippen LogP contribution in [-0.4, -0.2) is 17.9 Å². The van der Waals surface area contributed by atoms with Gasteiger partial charge in [0.05, 0.1) is 0 Å². The SMILES string of the molecule is CC(=O)Nc1ccc(C(=O)NC(C)C2CC2)cc1. The van der Waals surface area contributed by atoms with Crippen LogP contribution in [0.2, 0.25) is 0 Å². The Labute approximate surface area is 107 Å². The fourth-order valence-electron chi connectivity index (χ4n) is 1.91. The second-order valence-corrected chi connectivity index (χ2v) is 4.86. The van der Waals surface area contributed by atoms with Gasteiger partial charge in [-0.15, -0.1) is 0 Å². The number of rotatable bonds is 4. The van der Waals surface area contributed by atoms with E-state index in [1.165, 1.54) is 19.8 Å². The number of carbonyl (C=O) groups excluding carboxylic acids is 2. The van der Waals surface area contributed by atoms with E-state index >= 15 is 0 Å². The normalized spacial score (nSPS) is 15.9. The number of hydrogen-bond donors (Lipinski definition) is 2. The molecule has 0 bridgehead atoms. The zero-order chi connectivity index (χ0) is 13.1. The van der Waals surface area contributed by atoms with Crippen LogP contribution >= 0.6 is 0 Å². The van der Waals surface area contributed by atoms with E-state index < -0.39 is 0 Å². The minimum Gasteiger partial charge on any atom is -0.349 e. The van der Waals surface area contributed by atoms with Crippen LogP contribution in [0.15, 0.2) is 24.3 Å². The van der Waals surface area contributed by atoms with E-state index in [0.29, 0.717) is 17.2 Å². The molecule has 2 amide bonds. The van der Waals surface area contributed by atoms with Crippen molar-refractivity contribution in [3.8, 4) is 0 Å². The maximum absolute atomic E-state index is 11.9. The monoisotopic (exact) mass is 246 g/mol. The molecular weight excluding hydrogens is 228 g/mol. The summed E-state index contributed by atoms with van der Waals surface area (Å²) in [5, 5.41) is 5.66. The molecule has 1 aliphatic rings. The highest BCUT2D eigenvalue weighted by Crippen LogP contribution is 2.32. The van der Waals surface area contributed by atoms with Gasteiger partial charge in [0.1, 0.15) is 0 Å². The molecular formula is C14H18N2O2. The van der Waals surface area contributed by atoms with Crippen molar-refractivity contribution in [3.05, 3.63) is 29.8 Å². The van der Waals surface area contributed by atoms with Crippen LogP contribution in [0.25, 0.3) is 0 Å². The van der Waals surface area contributed by atoms with Crippen LogP contribution < -0.4 is 10.6 Å². The van der Waals surface area contributed by atoms with Crippen LogP contribution in [0, 0.1) is 5.92 Å². The van der Waals surface area contributed by atoms with Crippen LogP contribution in [0.4, 0.5) is 5.69 Å². The highest BCUT2D eigenvalue weighted by molar-refractivity contribution is 5.95. The molecule has 96 valence electrons. The summed E-state index contributed by atoms with van der Waals surface area (Å²) in [6, 6.07) is 7.16. The standard InChI is InChI=1S/C14H18N2O2/c1-9(11-3-4-11)15-14(18)12-5-7-13(8-6-12)16-10(2)17/h5-9,11H,3-4H2,1-2H3,(H,15,18)(H,16,17). The van der Waals surface area contributed by atoms with Gasteiger partial charge in [-0.2, -0.15) is 0 Å². The first-order valence-electron chi connectivity index (χ1n) is 6.25. The van der Waals surface area contributed by atoms with Crippen LogP contribution in [0.3, 0.4) is 0 Å². The lowest BCUT2D eigenvalue weighted by molar-refractivity contribution is -0.114. The summed E-state index contributed by atoms with van der Waals surface area (Å²) in [5.41, 5.74) is 1.32. The Morgan fingerprint density at radius 1 is 1.22 bits per heavy atom. The van der Waals surface area contributed by atoms with Gasteiger partial charge in [-0.1, -0.05) is 0 Å². The highest BCUT2D eigenvalue weighted by Gasteiger charge is 2.28. The summed E-state index contributed by atoms with van der Waals surface area (Å²) < 4.78 is 0. The average molecular weight is 246 g/mol. The molecule has 4 heteroatoms. The summed E-state index contributed by atoms with van der Waals surface area (Å²) in [5.74, 6) is 0.478. The predicted octanol–water partition coefficient (Wildman–Crippen LogP) is 2.17. The van der Waals surface area contributed by atoms with Gasteiger partial charge >= 0.3 is 0 Å². The molecule has 2 rings (SSSR count). The molecule has 0 heterocycles. The summed E-state index contributed by atoms with van der Waals surface area (Å²) in [4.78, 5) is 22.8. The molecule has 18 heavy (non-hydrogen) atoms. The van der Waals surface area contributed by atoms with E-state index in [2.05, 4.69) is 10.6 Å². The molecule has 0 aromatic heterocycles. The third kappa shape index (κ3) is 3.32. The fraction of sp³-hybridized carbons (Fsp3) is 0.429. The maximum atomic E-state index is 11.9. The molecule has 1 aliphatic carbocycles. The van der Waals surface area contributed by atoms with Crippen molar-refractivity contribution in [2.75, 3.05) is 5.32 Å². The second kappa shape index (κ2) is 5.21. The zero-order valence-electron chi connectivity index (χ0n) is 10.7. The van der Waals surface area contributed by atoms with Crippen molar-refractivity contribution >= 4 is 17.5 Å². The third-order valence-electron chi connectivity index (χ3n) is 3.16. The van der Waals surface area contributed by atoms with Crippen LogP contribution in [-0.2, 0) is 4.79 Å². The first-order valence-corrected chi connectivity index (χ1v) is 6.25. The fourth-order valence-corrected chi connectivity index (χ4v) is 1.91. The quantitative estimate of drug-likeness (QED) is 0.855. The van der Waals surface area contributed by atoms with Gasteiger partial charge in [0.15, 0.2) is 0 Å². The van der Waals surface area contributed by atoms with Gasteiger partial charge in [0.25, 0.3) is 5.91 Å². The molecule has 4 nitrogen and oxygen atoms in total. The van der Waals surface area contributed by atoms with Crippen molar-refractivity contribution in [1.29, 1.82) is 0 Å². The first-order chi connectivity index (χ1) is 8.56. The number of amides is 2. The van der Waals surface area contributed by atoms with Crippen molar-refractivity contribution in [1.82, 2.24) is 5.32 Å². The number of hydrogen-bond acceptors (Lipinski definition) is 2. The lowest BCUT2D eigenvalue weighted by Gasteiger charge is -2.12. The van der Waals surface area contributed by atoms with Crippen molar-refractivity contribution in [2.24, 2.45) is 5.92 Å². The lowest BCUT2D eigenvalue weighted by Crippen LogP contribution is -2.33. The molecule has 0 spiro atoms. The first kappa shape index (κ1) is 12.6. The van der Waals surface area contributed by atoms with E-state index in [9.17, 15) is 9.59 Å². The van der Waals surface area contributed by atoms with Gasteiger partial charge < -0.3 is 10.6 Å². The Bertz CT molecular complexity index is 449. The van der Waals surface area contributed by atoms with E-state index in [-0.39, 0.29) is 17.9 Å². The van der Waals surface area contributed by atoms with E-state index in [0.717, 1.165) is 0 Å². The van der Waals surface area contributed by atoms with Gasteiger partial charge in [0, 0.05) is 24.2 Å². The Morgan fingerprint density at radius 2 is 1.83 bits per heavy atom. The van der Waals surface area contributed by atoms with Crippen LogP contribution in [0.1, 0.15) is 37.0 Å². The van der Waals surface area contributed by atoms with E-state index in [4.69, 9.17) is 0 Å². The van der Waals surface area contributed by atoms with Crippen LogP contribution in [0.5, 0.6) is 0 Å². The van der Waals surface area contributed by atoms with E-state index in [1.54, 1.807) is 24.3 Å². The minimum absolute atomic E-state index is 0.0521. The van der Waals surface area contributed by atoms with Gasteiger partial charge in [-0.3, -0.25) is 9.59 Å². The number of carbonyl (C=O) groups is 2. The number of nitrogens with one attached hydrogen (secondary N) is 2. The van der Waals surface area contributed by atoms with Gasteiger partial charge in [-0.05, 0) is 49.9 Å². The minimum atomic E-state index is -0.116. The highest BCUT2D eigenvalue weighted by atomic mass is 16.2. The van der Waals surface area contributed by atoms with Crippen molar-refractivity contribution < 1.29 is 9.59 Å². The molecule has 1 atom stereocenters. The summed E-state index contributed by atoms with van der Waals surface area (Å²) in [6.07, 6.45) is 2.42. The zero-order valence-corrected chi connectivity index (χ0v) is 10.7. The van der Waals surface area contributed by atoms with Gasteiger partial charge in [0.2, 0.25) is 5.91 Å². The lowest BCUT2D eigenvalue weighted by atomic mass is 10.1. The summed E-state index contributed by atoms with van der Waals surface area (Å²) in [6.45, 7) is 3.50. The molecule has 0 radical (unpaired) electrons. The summed E-state index contributed by atoms with van der Waals surface area (Å²) in [7, 11) is 0. The molecule has 2 N–H and O–H groups in total. The molecule has 0 saturated heterocycles. The summed E-state index contributed by atoms with van der Waals surface area (Å²) >= 11 is 0. The Balaban J connectivity index is 1.95. The molecule has 1 fully saturated rings. The maximum Gasteiger partial charge on any atom is 0.251 e. The largest absolute Gasteiger partial charge is 0.349 e. The Kier molecular flexibility index (Phi) is 3.65. The van der Waals surface area contributed by atoms with Crippen molar-refractivity contribution in [3.63, 3.8) is 0 Å². The average Bonchev–Trinajstić information content (AvgIpc) is 3.12. The Hall–Kier alpha value is -1.84. The topological polar surface area (TPSA) is 58.2 Å². The molecule has 0 aliphatic heterocycles. The third-order valence-corrected chi connectivity index (χ3v) is 3.16. The molecule has 1 aromatic carbocycles.